The van der Waals surface area contributed by atoms with Crippen molar-refractivity contribution >= 4 is 12.0 Å². The van der Waals surface area contributed by atoms with E-state index in [9.17, 15) is 4.79 Å². The van der Waals surface area contributed by atoms with Crippen molar-refractivity contribution in [1.29, 1.82) is 0 Å². The van der Waals surface area contributed by atoms with Crippen LogP contribution in [0.15, 0.2) is 36.4 Å². The number of fused-ring (bicyclic) bond motifs is 1. The third-order valence-corrected chi connectivity index (χ3v) is 3.36. The van der Waals surface area contributed by atoms with Crippen LogP contribution in [0, 0.1) is 0 Å². The van der Waals surface area contributed by atoms with E-state index >= 15 is 0 Å². The molecule has 1 amide bonds. The van der Waals surface area contributed by atoms with Crippen LogP contribution in [-0.4, -0.2) is 43.9 Å². The van der Waals surface area contributed by atoms with Crippen molar-refractivity contribution < 1.29 is 19.0 Å². The summed E-state index contributed by atoms with van der Waals surface area (Å²) in [4.78, 5) is 13.7. The molecule has 0 bridgehead atoms. The van der Waals surface area contributed by atoms with Crippen LogP contribution in [0.1, 0.15) is 5.56 Å². The lowest BCUT2D eigenvalue weighted by molar-refractivity contribution is -0.129. The summed E-state index contributed by atoms with van der Waals surface area (Å²) in [6.45, 7) is 2.83. The van der Waals surface area contributed by atoms with E-state index in [1.807, 2.05) is 30.4 Å². The Hall–Kier alpha value is -2.27. The number of nitrogens with zero attached hydrogens (tertiary/aromatic N) is 1. The molecule has 0 atom stereocenters. The molecule has 2 heterocycles. The van der Waals surface area contributed by atoms with Crippen LogP contribution in [0.2, 0.25) is 0 Å². The van der Waals surface area contributed by atoms with Gasteiger partial charge in [-0.25, -0.2) is 0 Å². The lowest BCUT2D eigenvalue weighted by Crippen LogP contribution is -2.39. The molecule has 0 N–H and O–H groups in total. The van der Waals surface area contributed by atoms with Crippen molar-refractivity contribution in [3.05, 3.63) is 42.0 Å². The Bertz CT molecular complexity index is 574. The summed E-state index contributed by atoms with van der Waals surface area (Å²) in [6, 6.07) is 5.74. The number of morpholine rings is 1. The van der Waals surface area contributed by atoms with Gasteiger partial charge in [0.25, 0.3) is 0 Å². The molecule has 3 rings (SSSR count). The van der Waals surface area contributed by atoms with E-state index in [4.69, 9.17) is 14.2 Å². The predicted octanol–water partition coefficient (Wildman–Crippen LogP) is 1.84. The molecular weight excluding hydrogens is 270 g/mol. The number of hydrogen-bond donors (Lipinski definition) is 0. The minimum Gasteiger partial charge on any atom is -0.454 e. The Morgan fingerprint density at radius 1 is 1.10 bits per heavy atom. The van der Waals surface area contributed by atoms with Gasteiger partial charge in [0.2, 0.25) is 12.7 Å². The zero-order chi connectivity index (χ0) is 14.5. The molecule has 2 aliphatic heterocycles. The molecule has 0 aromatic heterocycles. The fraction of sp³-hybridized carbons (Fsp3) is 0.312. The van der Waals surface area contributed by atoms with E-state index in [1.54, 1.807) is 17.1 Å². The average molecular weight is 287 g/mol. The van der Waals surface area contributed by atoms with Crippen molar-refractivity contribution in [2.24, 2.45) is 0 Å². The lowest BCUT2D eigenvalue weighted by Gasteiger charge is -2.25. The Morgan fingerprint density at radius 3 is 2.76 bits per heavy atom. The molecule has 5 nitrogen and oxygen atoms in total. The fourth-order valence-electron chi connectivity index (χ4n) is 2.21. The van der Waals surface area contributed by atoms with Gasteiger partial charge >= 0.3 is 0 Å². The number of ether oxygens (including phenoxy) is 3. The van der Waals surface area contributed by atoms with Gasteiger partial charge in [-0.15, -0.1) is 0 Å². The van der Waals surface area contributed by atoms with E-state index in [2.05, 4.69) is 0 Å². The monoisotopic (exact) mass is 287 g/mol. The summed E-state index contributed by atoms with van der Waals surface area (Å²) in [5.74, 6) is 1.55. The zero-order valence-electron chi connectivity index (χ0n) is 11.7. The average Bonchev–Trinajstić information content (AvgIpc) is 3.00. The molecule has 2 aliphatic rings. The molecule has 0 saturated carbocycles. The van der Waals surface area contributed by atoms with Crippen LogP contribution in [0.3, 0.4) is 0 Å². The normalized spacial score (nSPS) is 17.8. The first-order valence-electron chi connectivity index (χ1n) is 6.94. The summed E-state index contributed by atoms with van der Waals surface area (Å²) in [7, 11) is 0. The number of allylic oxidation sites excluding steroid dienone is 2. The maximum atomic E-state index is 11.9. The Balaban J connectivity index is 1.56. The molecule has 5 heteroatoms. The van der Waals surface area contributed by atoms with Gasteiger partial charge < -0.3 is 19.1 Å². The van der Waals surface area contributed by atoms with Crippen molar-refractivity contribution in [1.82, 2.24) is 4.90 Å². The van der Waals surface area contributed by atoms with Gasteiger partial charge in [-0.1, -0.05) is 24.3 Å². The summed E-state index contributed by atoms with van der Waals surface area (Å²) in [5, 5.41) is 0. The van der Waals surface area contributed by atoms with E-state index in [-0.39, 0.29) is 12.7 Å². The Kier molecular flexibility index (Phi) is 4.21. The molecule has 0 aliphatic carbocycles. The van der Waals surface area contributed by atoms with Gasteiger partial charge in [0.15, 0.2) is 11.5 Å². The highest BCUT2D eigenvalue weighted by Gasteiger charge is 2.14. The van der Waals surface area contributed by atoms with E-state index in [0.29, 0.717) is 26.3 Å². The van der Waals surface area contributed by atoms with Crippen molar-refractivity contribution in [2.75, 3.05) is 33.1 Å². The summed E-state index contributed by atoms with van der Waals surface area (Å²) in [6.07, 6.45) is 7.10. The molecule has 1 saturated heterocycles. The largest absolute Gasteiger partial charge is 0.454 e. The maximum absolute atomic E-state index is 11.9. The van der Waals surface area contributed by atoms with Gasteiger partial charge in [-0.2, -0.15) is 0 Å². The van der Waals surface area contributed by atoms with Gasteiger partial charge in [-0.05, 0) is 17.7 Å². The smallest absolute Gasteiger partial charge is 0.246 e. The second kappa shape index (κ2) is 6.45. The van der Waals surface area contributed by atoms with Crippen LogP contribution in [-0.2, 0) is 9.53 Å². The third kappa shape index (κ3) is 3.44. The second-order valence-electron chi connectivity index (χ2n) is 4.77. The first kappa shape index (κ1) is 13.7. The highest BCUT2D eigenvalue weighted by atomic mass is 16.7. The number of amides is 1. The molecule has 0 radical (unpaired) electrons. The van der Waals surface area contributed by atoms with Crippen LogP contribution < -0.4 is 9.47 Å². The Morgan fingerprint density at radius 2 is 1.90 bits per heavy atom. The Labute approximate surface area is 123 Å². The minimum atomic E-state index is 0.0219. The van der Waals surface area contributed by atoms with E-state index < -0.39 is 0 Å². The molecule has 0 spiro atoms. The van der Waals surface area contributed by atoms with Crippen LogP contribution >= 0.6 is 0 Å². The van der Waals surface area contributed by atoms with Crippen LogP contribution in [0.5, 0.6) is 11.5 Å². The van der Waals surface area contributed by atoms with E-state index in [0.717, 1.165) is 17.1 Å². The van der Waals surface area contributed by atoms with Gasteiger partial charge in [-0.3, -0.25) is 4.79 Å². The highest BCUT2D eigenvalue weighted by molar-refractivity contribution is 5.88. The van der Waals surface area contributed by atoms with Crippen LogP contribution in [0.25, 0.3) is 6.08 Å². The summed E-state index contributed by atoms with van der Waals surface area (Å²) in [5.41, 5.74) is 1.00. The molecule has 0 unspecified atom stereocenters. The topological polar surface area (TPSA) is 48.0 Å². The SMILES string of the molecule is O=C(C=CC=Cc1ccc2c(c1)OCO2)N1CCOCC1. The molecule has 21 heavy (non-hydrogen) atoms. The highest BCUT2D eigenvalue weighted by Crippen LogP contribution is 2.32. The minimum absolute atomic E-state index is 0.0219. The maximum Gasteiger partial charge on any atom is 0.246 e. The number of rotatable bonds is 3. The second-order valence-corrected chi connectivity index (χ2v) is 4.77. The van der Waals surface area contributed by atoms with E-state index in [1.165, 1.54) is 0 Å². The quantitative estimate of drug-likeness (QED) is 0.629. The third-order valence-electron chi connectivity index (χ3n) is 3.36. The molecule has 110 valence electrons. The lowest BCUT2D eigenvalue weighted by atomic mass is 10.2. The zero-order valence-corrected chi connectivity index (χ0v) is 11.7. The van der Waals surface area contributed by atoms with Gasteiger partial charge in [0.1, 0.15) is 0 Å². The van der Waals surface area contributed by atoms with Crippen molar-refractivity contribution in [2.45, 2.75) is 0 Å². The standard InChI is InChI=1S/C16H17NO4/c18-16(17-7-9-19-10-8-17)4-2-1-3-13-5-6-14-15(11-13)21-12-20-14/h1-6,11H,7-10,12H2. The molecule has 1 fully saturated rings. The first-order valence-corrected chi connectivity index (χ1v) is 6.94. The number of carbonyl (C=O) groups excluding carboxylic acids is 1. The van der Waals surface area contributed by atoms with Crippen LogP contribution in [0.4, 0.5) is 0 Å². The summed E-state index contributed by atoms with van der Waals surface area (Å²) < 4.78 is 15.8. The molecule has 1 aromatic carbocycles. The van der Waals surface area contributed by atoms with Crippen molar-refractivity contribution in [3.63, 3.8) is 0 Å². The number of hydrogen-bond acceptors (Lipinski definition) is 4. The number of carbonyl (C=O) groups is 1. The summed E-state index contributed by atoms with van der Waals surface area (Å²) >= 11 is 0. The van der Waals surface area contributed by atoms with Gasteiger partial charge in [0, 0.05) is 19.2 Å². The van der Waals surface area contributed by atoms with Crippen molar-refractivity contribution in [3.8, 4) is 11.5 Å². The number of benzene rings is 1. The fourth-order valence-corrected chi connectivity index (χ4v) is 2.21. The van der Waals surface area contributed by atoms with Gasteiger partial charge in [0.05, 0.1) is 13.2 Å². The molecule has 1 aromatic rings. The predicted molar refractivity (Wildman–Crippen MR) is 78.1 cm³/mol. The molecular formula is C16H17NO4. The first-order chi connectivity index (χ1) is 10.3.